The van der Waals surface area contributed by atoms with Gasteiger partial charge in [-0.2, -0.15) is 5.26 Å². The highest BCUT2D eigenvalue weighted by Gasteiger charge is 2.13. The summed E-state index contributed by atoms with van der Waals surface area (Å²) in [7, 11) is 0. The Bertz CT molecular complexity index is 1170. The average molecular weight is 433 g/mol. The van der Waals surface area contributed by atoms with E-state index in [0.29, 0.717) is 22.2 Å². The molecule has 0 amide bonds. The van der Waals surface area contributed by atoms with Gasteiger partial charge in [0.25, 0.3) is 0 Å². The molecule has 3 aromatic rings. The predicted molar refractivity (Wildman–Crippen MR) is 123 cm³/mol. The Labute approximate surface area is 185 Å². The van der Waals surface area contributed by atoms with E-state index in [-0.39, 0.29) is 0 Å². The smallest absolute Gasteiger partial charge is 0.120 e. The molecule has 0 aromatic heterocycles. The minimum atomic E-state index is 0.383. The van der Waals surface area contributed by atoms with E-state index in [1.807, 2.05) is 54.6 Å². The van der Waals surface area contributed by atoms with Gasteiger partial charge in [0, 0.05) is 27.7 Å². The van der Waals surface area contributed by atoms with Crippen molar-refractivity contribution in [2.75, 3.05) is 6.54 Å². The molecule has 3 aromatic carbocycles. The van der Waals surface area contributed by atoms with Crippen LogP contribution in [0, 0.1) is 11.3 Å². The monoisotopic (exact) mass is 432 g/mol. The Balaban J connectivity index is 1.48. The third-order valence-electron chi connectivity index (χ3n) is 4.90. The zero-order valence-corrected chi connectivity index (χ0v) is 17.6. The second kappa shape index (κ2) is 9.17. The molecule has 0 unspecified atom stereocenters. The standard InChI is InChI=1S/C25H18Cl2N2O/c26-21-7-6-20(24(27)14-21)16-30-22-8-9-23-19(13-22)11-12-29-25(23)10-5-17-1-3-18(15-28)4-2-17/h1-10,13-14H,11-12,16H2/b10-5+. The molecule has 148 valence electrons. The van der Waals surface area contributed by atoms with Crippen LogP contribution in [0.25, 0.3) is 6.08 Å². The lowest BCUT2D eigenvalue weighted by Crippen LogP contribution is -2.11. The summed E-state index contributed by atoms with van der Waals surface area (Å²) < 4.78 is 5.95. The van der Waals surface area contributed by atoms with Gasteiger partial charge in [-0.1, -0.05) is 47.5 Å². The van der Waals surface area contributed by atoms with Gasteiger partial charge >= 0.3 is 0 Å². The fourth-order valence-electron chi connectivity index (χ4n) is 3.28. The number of nitrogens with zero attached hydrogens (tertiary/aromatic N) is 2. The van der Waals surface area contributed by atoms with Gasteiger partial charge in [0.1, 0.15) is 12.4 Å². The predicted octanol–water partition coefficient (Wildman–Crippen LogP) is 6.50. The van der Waals surface area contributed by atoms with Crippen LogP contribution in [0.5, 0.6) is 5.75 Å². The summed E-state index contributed by atoms with van der Waals surface area (Å²) in [6.07, 6.45) is 4.91. The molecule has 1 heterocycles. The van der Waals surface area contributed by atoms with Crippen molar-refractivity contribution in [3.8, 4) is 11.8 Å². The first kappa shape index (κ1) is 20.2. The minimum absolute atomic E-state index is 0.383. The lowest BCUT2D eigenvalue weighted by molar-refractivity contribution is 0.306. The molecule has 0 spiro atoms. The SMILES string of the molecule is N#Cc1ccc(/C=C/C2=NCCc3cc(OCc4ccc(Cl)cc4Cl)ccc32)cc1. The number of nitriles is 1. The summed E-state index contributed by atoms with van der Waals surface area (Å²) >= 11 is 12.2. The van der Waals surface area contributed by atoms with Crippen LogP contribution < -0.4 is 4.74 Å². The van der Waals surface area contributed by atoms with Crippen LogP contribution in [-0.2, 0) is 13.0 Å². The van der Waals surface area contributed by atoms with Gasteiger partial charge in [-0.05, 0) is 66.1 Å². The van der Waals surface area contributed by atoms with Crippen LogP contribution in [0.1, 0.15) is 27.8 Å². The highest BCUT2D eigenvalue weighted by molar-refractivity contribution is 6.35. The van der Waals surface area contributed by atoms with Gasteiger partial charge in [0.05, 0.1) is 17.3 Å². The maximum atomic E-state index is 8.91. The molecule has 0 N–H and O–H groups in total. The third-order valence-corrected chi connectivity index (χ3v) is 5.49. The summed E-state index contributed by atoms with van der Waals surface area (Å²) in [4.78, 5) is 4.67. The van der Waals surface area contributed by atoms with Gasteiger partial charge < -0.3 is 4.74 Å². The average Bonchev–Trinajstić information content (AvgIpc) is 2.77. The molecular weight excluding hydrogens is 415 g/mol. The highest BCUT2D eigenvalue weighted by atomic mass is 35.5. The summed E-state index contributed by atoms with van der Waals surface area (Å²) in [5.41, 5.74) is 5.86. The van der Waals surface area contributed by atoms with Crippen LogP contribution in [0.4, 0.5) is 0 Å². The third kappa shape index (κ3) is 4.74. The Kier molecular flexibility index (Phi) is 6.18. The van der Waals surface area contributed by atoms with Crippen LogP contribution in [0.3, 0.4) is 0 Å². The molecule has 4 rings (SSSR count). The van der Waals surface area contributed by atoms with E-state index in [9.17, 15) is 0 Å². The fourth-order valence-corrected chi connectivity index (χ4v) is 3.75. The first-order valence-electron chi connectivity index (χ1n) is 9.55. The number of rotatable bonds is 5. The quantitative estimate of drug-likeness (QED) is 0.461. The largest absolute Gasteiger partial charge is 0.489 e. The van der Waals surface area contributed by atoms with Crippen molar-refractivity contribution in [1.29, 1.82) is 5.26 Å². The Hall–Kier alpha value is -3.06. The summed E-state index contributed by atoms with van der Waals surface area (Å²) in [6, 6.07) is 21.1. The molecule has 1 aliphatic heterocycles. The Morgan fingerprint density at radius 3 is 2.60 bits per heavy atom. The number of aliphatic imine (C=N–C) groups is 1. The van der Waals surface area contributed by atoms with Gasteiger partial charge in [0.2, 0.25) is 0 Å². The van der Waals surface area contributed by atoms with Gasteiger partial charge in [-0.15, -0.1) is 0 Å². The molecule has 0 radical (unpaired) electrons. The van der Waals surface area contributed by atoms with E-state index < -0.39 is 0 Å². The zero-order chi connectivity index (χ0) is 20.9. The second-order valence-electron chi connectivity index (χ2n) is 6.93. The molecule has 0 aliphatic carbocycles. The van der Waals surface area contributed by atoms with Crippen LogP contribution in [0.15, 0.2) is 71.7 Å². The normalized spacial score (nSPS) is 12.9. The van der Waals surface area contributed by atoms with E-state index in [0.717, 1.165) is 41.1 Å². The molecule has 0 saturated carbocycles. The first-order chi connectivity index (χ1) is 14.6. The molecule has 3 nitrogen and oxygen atoms in total. The lowest BCUT2D eigenvalue weighted by atomic mass is 9.96. The van der Waals surface area contributed by atoms with E-state index in [1.165, 1.54) is 5.56 Å². The van der Waals surface area contributed by atoms with Crippen LogP contribution >= 0.6 is 23.2 Å². The van der Waals surface area contributed by atoms with Crippen molar-refractivity contribution >= 4 is 35.0 Å². The fraction of sp³-hybridized carbons (Fsp3) is 0.120. The zero-order valence-electron chi connectivity index (χ0n) is 16.1. The highest BCUT2D eigenvalue weighted by Crippen LogP contribution is 2.26. The van der Waals surface area contributed by atoms with Crippen molar-refractivity contribution in [3.05, 3.63) is 105 Å². The Morgan fingerprint density at radius 2 is 1.83 bits per heavy atom. The van der Waals surface area contributed by atoms with E-state index in [2.05, 4.69) is 23.2 Å². The number of halogens is 2. The van der Waals surface area contributed by atoms with Gasteiger partial charge in [-0.3, -0.25) is 4.99 Å². The molecule has 0 atom stereocenters. The summed E-state index contributed by atoms with van der Waals surface area (Å²) in [5.74, 6) is 0.803. The molecule has 0 bridgehead atoms. The van der Waals surface area contributed by atoms with Crippen molar-refractivity contribution in [2.24, 2.45) is 4.99 Å². The van der Waals surface area contributed by atoms with E-state index in [4.69, 9.17) is 33.2 Å². The molecule has 5 heteroatoms. The summed E-state index contributed by atoms with van der Waals surface area (Å²) in [6.45, 7) is 1.13. The molecule has 1 aliphatic rings. The number of benzene rings is 3. The lowest BCUT2D eigenvalue weighted by Gasteiger charge is -2.17. The number of allylic oxidation sites excluding steroid dienone is 1. The number of fused-ring (bicyclic) bond motifs is 1. The Morgan fingerprint density at radius 1 is 1.00 bits per heavy atom. The van der Waals surface area contributed by atoms with Crippen LogP contribution in [0.2, 0.25) is 10.0 Å². The van der Waals surface area contributed by atoms with E-state index in [1.54, 1.807) is 6.07 Å². The van der Waals surface area contributed by atoms with Crippen molar-refractivity contribution in [3.63, 3.8) is 0 Å². The maximum Gasteiger partial charge on any atom is 0.120 e. The minimum Gasteiger partial charge on any atom is -0.489 e. The molecule has 0 fully saturated rings. The van der Waals surface area contributed by atoms with Crippen molar-refractivity contribution in [1.82, 2.24) is 0 Å². The summed E-state index contributed by atoms with van der Waals surface area (Å²) in [5, 5.41) is 10.1. The topological polar surface area (TPSA) is 45.4 Å². The molecule has 0 saturated heterocycles. The first-order valence-corrected chi connectivity index (χ1v) is 10.3. The van der Waals surface area contributed by atoms with Crippen molar-refractivity contribution in [2.45, 2.75) is 13.0 Å². The molecule has 30 heavy (non-hydrogen) atoms. The van der Waals surface area contributed by atoms with Gasteiger partial charge in [0.15, 0.2) is 0 Å². The number of hydrogen-bond acceptors (Lipinski definition) is 3. The maximum absolute atomic E-state index is 8.91. The van der Waals surface area contributed by atoms with Crippen molar-refractivity contribution < 1.29 is 4.74 Å². The van der Waals surface area contributed by atoms with Gasteiger partial charge in [-0.25, -0.2) is 0 Å². The number of ether oxygens (including phenoxy) is 1. The van der Waals surface area contributed by atoms with Crippen LogP contribution in [-0.4, -0.2) is 12.3 Å². The van der Waals surface area contributed by atoms with E-state index >= 15 is 0 Å². The second-order valence-corrected chi connectivity index (χ2v) is 7.77. The number of hydrogen-bond donors (Lipinski definition) is 0. The molecular formula is C25H18Cl2N2O.